The third-order valence-corrected chi connectivity index (χ3v) is 3.92. The number of nitrogens with zero attached hydrogens (tertiary/aromatic N) is 1. The van der Waals surface area contributed by atoms with Gasteiger partial charge in [-0.15, -0.1) is 0 Å². The maximum absolute atomic E-state index is 5.75. The van der Waals surface area contributed by atoms with E-state index in [0.717, 1.165) is 36.8 Å². The van der Waals surface area contributed by atoms with Crippen molar-refractivity contribution >= 4 is 0 Å². The van der Waals surface area contributed by atoms with Crippen LogP contribution in [-0.2, 0) is 6.54 Å². The highest BCUT2D eigenvalue weighted by molar-refractivity contribution is 5.26. The molecule has 1 saturated heterocycles. The average Bonchev–Trinajstić information content (AvgIpc) is 2.46. The molecule has 106 valence electrons. The van der Waals surface area contributed by atoms with Crippen LogP contribution >= 0.6 is 0 Å². The molecule has 0 bridgehead atoms. The molecular weight excluding hydrogens is 236 g/mol. The third-order valence-electron chi connectivity index (χ3n) is 3.92. The van der Waals surface area contributed by atoms with Gasteiger partial charge in [-0.05, 0) is 56.0 Å². The van der Waals surface area contributed by atoms with Crippen molar-refractivity contribution in [2.75, 3.05) is 26.2 Å². The highest BCUT2D eigenvalue weighted by Gasteiger charge is 2.14. The van der Waals surface area contributed by atoms with Crippen LogP contribution in [0.25, 0.3) is 0 Å². The first-order valence-electron chi connectivity index (χ1n) is 7.42. The number of rotatable bonds is 6. The number of benzene rings is 1. The number of likely N-dealkylation sites (tertiary alicyclic amines) is 1. The van der Waals surface area contributed by atoms with Gasteiger partial charge in [-0.25, -0.2) is 0 Å². The van der Waals surface area contributed by atoms with E-state index < -0.39 is 0 Å². The Morgan fingerprint density at radius 1 is 1.21 bits per heavy atom. The Balaban J connectivity index is 1.61. The second-order valence-corrected chi connectivity index (χ2v) is 5.57. The van der Waals surface area contributed by atoms with Crippen LogP contribution in [0.2, 0.25) is 0 Å². The Hall–Kier alpha value is -1.06. The molecule has 0 unspecified atom stereocenters. The van der Waals surface area contributed by atoms with E-state index in [4.69, 9.17) is 10.5 Å². The lowest BCUT2D eigenvalue weighted by Crippen LogP contribution is -2.34. The van der Waals surface area contributed by atoms with E-state index in [1.807, 2.05) is 24.3 Å². The molecule has 2 N–H and O–H groups in total. The first kappa shape index (κ1) is 14.4. The maximum Gasteiger partial charge on any atom is 0.119 e. The molecule has 0 radical (unpaired) electrons. The summed E-state index contributed by atoms with van der Waals surface area (Å²) in [5, 5.41) is 0. The zero-order valence-electron chi connectivity index (χ0n) is 12.0. The van der Waals surface area contributed by atoms with Gasteiger partial charge in [-0.3, -0.25) is 0 Å². The van der Waals surface area contributed by atoms with E-state index in [0.29, 0.717) is 6.54 Å². The van der Waals surface area contributed by atoms with Gasteiger partial charge in [0.05, 0.1) is 6.61 Å². The minimum absolute atomic E-state index is 0.591. The van der Waals surface area contributed by atoms with Crippen LogP contribution in [0.4, 0.5) is 0 Å². The molecule has 0 atom stereocenters. The molecule has 1 aromatic carbocycles. The van der Waals surface area contributed by atoms with Crippen LogP contribution < -0.4 is 10.5 Å². The molecule has 0 saturated carbocycles. The van der Waals surface area contributed by atoms with Gasteiger partial charge in [0, 0.05) is 13.1 Å². The van der Waals surface area contributed by atoms with Crippen LogP contribution in [0, 0.1) is 5.92 Å². The van der Waals surface area contributed by atoms with Gasteiger partial charge in [-0.2, -0.15) is 0 Å². The number of nitrogens with two attached hydrogens (primary N) is 1. The van der Waals surface area contributed by atoms with E-state index in [2.05, 4.69) is 11.8 Å². The molecule has 0 spiro atoms. The SMILES string of the molecule is CC1CCN(CCCOc2ccc(CN)cc2)CC1. The third kappa shape index (κ3) is 4.84. The van der Waals surface area contributed by atoms with E-state index in [1.165, 1.54) is 25.9 Å². The molecule has 1 aliphatic rings. The van der Waals surface area contributed by atoms with E-state index in [1.54, 1.807) is 0 Å². The molecule has 0 aromatic heterocycles. The Morgan fingerprint density at radius 3 is 2.53 bits per heavy atom. The molecule has 1 fully saturated rings. The van der Waals surface area contributed by atoms with Crippen molar-refractivity contribution in [3.63, 3.8) is 0 Å². The minimum atomic E-state index is 0.591. The zero-order chi connectivity index (χ0) is 13.5. The van der Waals surface area contributed by atoms with E-state index >= 15 is 0 Å². The largest absolute Gasteiger partial charge is 0.494 e. The molecular formula is C16H26N2O. The smallest absolute Gasteiger partial charge is 0.119 e. The van der Waals surface area contributed by atoms with Crippen LogP contribution in [0.1, 0.15) is 31.7 Å². The van der Waals surface area contributed by atoms with Crippen molar-refractivity contribution in [1.82, 2.24) is 4.90 Å². The topological polar surface area (TPSA) is 38.5 Å². The quantitative estimate of drug-likeness (QED) is 0.801. The summed E-state index contributed by atoms with van der Waals surface area (Å²) in [7, 11) is 0. The second-order valence-electron chi connectivity index (χ2n) is 5.57. The molecule has 0 aliphatic carbocycles. The molecule has 2 rings (SSSR count). The van der Waals surface area contributed by atoms with Crippen molar-refractivity contribution in [3.8, 4) is 5.75 Å². The molecule has 3 nitrogen and oxygen atoms in total. The lowest BCUT2D eigenvalue weighted by Gasteiger charge is -2.30. The van der Waals surface area contributed by atoms with Crippen molar-refractivity contribution in [2.24, 2.45) is 11.7 Å². The number of hydrogen-bond donors (Lipinski definition) is 1. The fraction of sp³-hybridized carbons (Fsp3) is 0.625. The Labute approximate surface area is 116 Å². The van der Waals surface area contributed by atoms with Crippen LogP contribution in [-0.4, -0.2) is 31.1 Å². The summed E-state index contributed by atoms with van der Waals surface area (Å²) in [6.07, 6.45) is 3.80. The first-order valence-corrected chi connectivity index (χ1v) is 7.42. The van der Waals surface area contributed by atoms with Crippen molar-refractivity contribution in [2.45, 2.75) is 32.7 Å². The molecule has 1 heterocycles. The summed E-state index contributed by atoms with van der Waals surface area (Å²) >= 11 is 0. The predicted octanol–water partition coefficient (Wildman–Crippen LogP) is 2.65. The fourth-order valence-electron chi connectivity index (χ4n) is 2.49. The van der Waals surface area contributed by atoms with Gasteiger partial charge in [0.1, 0.15) is 5.75 Å². The summed E-state index contributed by atoms with van der Waals surface area (Å²) in [6, 6.07) is 8.07. The van der Waals surface area contributed by atoms with Gasteiger partial charge in [0.15, 0.2) is 0 Å². The molecule has 1 aromatic rings. The van der Waals surface area contributed by atoms with E-state index in [-0.39, 0.29) is 0 Å². The predicted molar refractivity (Wildman–Crippen MR) is 79.3 cm³/mol. The van der Waals surface area contributed by atoms with Crippen LogP contribution in [0.5, 0.6) is 5.75 Å². The average molecular weight is 262 g/mol. The lowest BCUT2D eigenvalue weighted by molar-refractivity contribution is 0.177. The Kier molecular flexibility index (Phi) is 5.67. The lowest BCUT2D eigenvalue weighted by atomic mass is 9.99. The molecule has 19 heavy (non-hydrogen) atoms. The highest BCUT2D eigenvalue weighted by Crippen LogP contribution is 2.16. The summed E-state index contributed by atoms with van der Waals surface area (Å²) in [5.74, 6) is 1.86. The van der Waals surface area contributed by atoms with Crippen molar-refractivity contribution < 1.29 is 4.74 Å². The number of ether oxygens (including phenoxy) is 1. The molecule has 1 aliphatic heterocycles. The van der Waals surface area contributed by atoms with E-state index in [9.17, 15) is 0 Å². The van der Waals surface area contributed by atoms with Crippen LogP contribution in [0.3, 0.4) is 0 Å². The first-order chi connectivity index (χ1) is 9.28. The van der Waals surface area contributed by atoms with Gasteiger partial charge >= 0.3 is 0 Å². The Bertz CT molecular complexity index is 356. The minimum Gasteiger partial charge on any atom is -0.494 e. The van der Waals surface area contributed by atoms with Gasteiger partial charge < -0.3 is 15.4 Å². The molecule has 0 amide bonds. The van der Waals surface area contributed by atoms with Gasteiger partial charge in [0.25, 0.3) is 0 Å². The Morgan fingerprint density at radius 2 is 1.89 bits per heavy atom. The maximum atomic E-state index is 5.75. The number of hydrogen-bond acceptors (Lipinski definition) is 3. The second kappa shape index (κ2) is 7.51. The summed E-state index contributed by atoms with van der Waals surface area (Å²) in [4.78, 5) is 2.56. The molecule has 3 heteroatoms. The van der Waals surface area contributed by atoms with Gasteiger partial charge in [-0.1, -0.05) is 19.1 Å². The summed E-state index contributed by atoms with van der Waals surface area (Å²) < 4.78 is 5.75. The number of piperidine rings is 1. The fourth-order valence-corrected chi connectivity index (χ4v) is 2.49. The van der Waals surface area contributed by atoms with Crippen LogP contribution in [0.15, 0.2) is 24.3 Å². The summed E-state index contributed by atoms with van der Waals surface area (Å²) in [5.41, 5.74) is 6.72. The summed E-state index contributed by atoms with van der Waals surface area (Å²) in [6.45, 7) is 7.42. The monoisotopic (exact) mass is 262 g/mol. The van der Waals surface area contributed by atoms with Gasteiger partial charge in [0.2, 0.25) is 0 Å². The van der Waals surface area contributed by atoms with Crippen molar-refractivity contribution in [3.05, 3.63) is 29.8 Å². The highest BCUT2D eigenvalue weighted by atomic mass is 16.5. The standard InChI is InChI=1S/C16H26N2O/c1-14-7-10-18(11-8-14)9-2-12-19-16-5-3-15(13-17)4-6-16/h3-6,14H,2,7-13,17H2,1H3. The van der Waals surface area contributed by atoms with Crippen molar-refractivity contribution in [1.29, 1.82) is 0 Å². The normalized spacial score (nSPS) is 17.6. The zero-order valence-corrected chi connectivity index (χ0v) is 12.0.